The molecule has 1 atom stereocenters. The van der Waals surface area contributed by atoms with Crippen LogP contribution in [0.15, 0.2) is 59.4 Å². The molecule has 0 bridgehead atoms. The van der Waals surface area contributed by atoms with Crippen LogP contribution in [-0.2, 0) is 17.4 Å². The smallest absolute Gasteiger partial charge is 0.433 e. The van der Waals surface area contributed by atoms with E-state index in [1.165, 1.54) is 23.1 Å². The number of phenolic OH excluding ortho intramolecular Hbond substituents is 1. The number of nitrogens with zero attached hydrogens (tertiary/aromatic N) is 3. The van der Waals surface area contributed by atoms with Crippen LogP contribution in [0.1, 0.15) is 75.0 Å². The third kappa shape index (κ3) is 10.1. The summed E-state index contributed by atoms with van der Waals surface area (Å²) in [7, 11) is 0. The highest BCUT2D eigenvalue weighted by atomic mass is 19.4. The Balaban J connectivity index is 0.000000942. The molecule has 2 aromatic rings. The molecule has 46 heavy (non-hydrogen) atoms. The minimum absolute atomic E-state index is 0.0449. The Morgan fingerprint density at radius 1 is 1.17 bits per heavy atom. The van der Waals surface area contributed by atoms with Crippen molar-refractivity contribution in [3.8, 4) is 5.75 Å². The quantitative estimate of drug-likeness (QED) is 0.202. The van der Waals surface area contributed by atoms with Crippen LogP contribution in [0.25, 0.3) is 0 Å². The Morgan fingerprint density at radius 3 is 2.28 bits per heavy atom. The Morgan fingerprint density at radius 2 is 1.83 bits per heavy atom. The maximum absolute atomic E-state index is 13.4. The molecule has 5 N–H and O–H groups in total. The highest BCUT2D eigenvalue weighted by molar-refractivity contribution is 6.07. The van der Waals surface area contributed by atoms with E-state index >= 15 is 0 Å². The number of aromatic hydroxyl groups is 1. The van der Waals surface area contributed by atoms with Crippen molar-refractivity contribution in [2.24, 2.45) is 16.6 Å². The molecule has 3 rings (SSSR count). The summed E-state index contributed by atoms with van der Waals surface area (Å²) in [4.78, 5) is 33.1. The number of ketones is 1. The number of likely N-dealkylation sites (tertiary alicyclic amines) is 1. The molecule has 0 aliphatic carbocycles. The summed E-state index contributed by atoms with van der Waals surface area (Å²) in [5.41, 5.74) is 11.8. The number of hydrogen-bond acceptors (Lipinski definition) is 7. The number of pyridine rings is 1. The highest BCUT2D eigenvalue weighted by Gasteiger charge is 2.37. The number of halogens is 6. The Hall–Kier alpha value is -4.36. The van der Waals surface area contributed by atoms with E-state index in [0.29, 0.717) is 42.3 Å². The van der Waals surface area contributed by atoms with Crippen molar-refractivity contribution in [1.82, 2.24) is 9.88 Å². The summed E-state index contributed by atoms with van der Waals surface area (Å²) in [6.07, 6.45) is -6.56. The standard InChI is InChI=1S/C26H29F6N5O2.C6H10O/c1-3-5-16(33)23-19(36-18-7-6-14(10-21(18)38)12-25(27,28)29)8-9-37(20(23)4-2)24(39)15-13-35-22(11-17(15)34)26(30,31)32;1-4-6(7)5(2)3/h6-7,10-11,13,20,38H,3-5,8-9,12,33H2,1-2H3,(H2,34,35);4-5H,1H2,2-3H3/b23-16+,36-19?;. The van der Waals surface area contributed by atoms with Gasteiger partial charge in [0.15, 0.2) is 5.78 Å². The minimum atomic E-state index is -4.72. The maximum Gasteiger partial charge on any atom is 0.433 e. The zero-order valence-electron chi connectivity index (χ0n) is 26.1. The van der Waals surface area contributed by atoms with Gasteiger partial charge in [0.2, 0.25) is 0 Å². The number of allylic oxidation sites excluding steroid dienone is 2. The van der Waals surface area contributed by atoms with Crippen LogP contribution in [0.2, 0.25) is 0 Å². The fourth-order valence-electron chi connectivity index (χ4n) is 4.80. The van der Waals surface area contributed by atoms with Gasteiger partial charge in [-0.3, -0.25) is 14.6 Å². The molecular formula is C32H39F6N5O3. The third-order valence-electron chi connectivity index (χ3n) is 7.05. The van der Waals surface area contributed by atoms with Gasteiger partial charge >= 0.3 is 12.4 Å². The number of piperidine rings is 1. The van der Waals surface area contributed by atoms with Gasteiger partial charge in [0.25, 0.3) is 5.91 Å². The molecule has 0 spiro atoms. The molecule has 252 valence electrons. The van der Waals surface area contributed by atoms with Gasteiger partial charge in [-0.2, -0.15) is 26.3 Å². The third-order valence-corrected chi connectivity index (χ3v) is 7.05. The van der Waals surface area contributed by atoms with Crippen molar-refractivity contribution < 1.29 is 41.0 Å². The number of aliphatic imine (C=N–C) groups is 1. The van der Waals surface area contributed by atoms with Gasteiger partial charge in [0.1, 0.15) is 17.1 Å². The predicted octanol–water partition coefficient (Wildman–Crippen LogP) is 7.30. The van der Waals surface area contributed by atoms with Gasteiger partial charge in [-0.1, -0.05) is 46.8 Å². The zero-order valence-corrected chi connectivity index (χ0v) is 26.1. The zero-order chi connectivity index (χ0) is 35.0. The first-order valence-corrected chi connectivity index (χ1v) is 14.6. The van der Waals surface area contributed by atoms with Crippen molar-refractivity contribution >= 4 is 28.8 Å². The SMILES string of the molecule is C=CC(=O)C(C)C.CCC/C(N)=C1/C(=Nc2ccc(CC(F)(F)F)cc2O)CCN(C(=O)c2cnc(C(F)(F)F)cc2N)C1CC. The second kappa shape index (κ2) is 15.8. The Bertz CT molecular complexity index is 1480. The Kier molecular flexibility index (Phi) is 13.0. The number of phenols is 1. The summed E-state index contributed by atoms with van der Waals surface area (Å²) in [5.74, 6) is -0.842. The largest absolute Gasteiger partial charge is 0.506 e. The molecule has 0 radical (unpaired) electrons. The first-order valence-electron chi connectivity index (χ1n) is 14.6. The lowest BCUT2D eigenvalue weighted by atomic mass is 9.88. The van der Waals surface area contributed by atoms with Crippen LogP contribution >= 0.6 is 0 Å². The average Bonchev–Trinajstić information content (AvgIpc) is 2.96. The molecule has 1 aromatic carbocycles. The van der Waals surface area contributed by atoms with Gasteiger partial charge in [-0.15, -0.1) is 0 Å². The summed E-state index contributed by atoms with van der Waals surface area (Å²) in [6.45, 7) is 10.8. The number of aromatic nitrogens is 1. The fraction of sp³-hybridized carbons (Fsp3) is 0.438. The number of benzene rings is 1. The molecule has 1 fully saturated rings. The second-order valence-corrected chi connectivity index (χ2v) is 11.0. The molecular weight excluding hydrogens is 616 g/mol. The second-order valence-electron chi connectivity index (χ2n) is 11.0. The predicted molar refractivity (Wildman–Crippen MR) is 165 cm³/mol. The molecule has 1 amide bonds. The maximum atomic E-state index is 13.4. The number of carbonyl (C=O) groups is 2. The van der Waals surface area contributed by atoms with E-state index in [0.717, 1.165) is 12.3 Å². The van der Waals surface area contributed by atoms with Gasteiger partial charge in [0.05, 0.1) is 18.0 Å². The summed E-state index contributed by atoms with van der Waals surface area (Å²) >= 11 is 0. The molecule has 0 saturated carbocycles. The summed E-state index contributed by atoms with van der Waals surface area (Å²) in [6, 6.07) is 3.50. The lowest BCUT2D eigenvalue weighted by molar-refractivity contribution is -0.141. The fourth-order valence-corrected chi connectivity index (χ4v) is 4.80. The van der Waals surface area contributed by atoms with Crippen LogP contribution in [0, 0.1) is 5.92 Å². The number of nitrogen functional groups attached to an aromatic ring is 1. The summed E-state index contributed by atoms with van der Waals surface area (Å²) in [5, 5.41) is 10.4. The lowest BCUT2D eigenvalue weighted by Gasteiger charge is -2.39. The van der Waals surface area contributed by atoms with Crippen LogP contribution in [0.4, 0.5) is 37.7 Å². The van der Waals surface area contributed by atoms with Crippen molar-refractivity contribution in [1.29, 1.82) is 0 Å². The number of rotatable bonds is 8. The van der Waals surface area contributed by atoms with Crippen LogP contribution in [0.5, 0.6) is 5.75 Å². The minimum Gasteiger partial charge on any atom is -0.506 e. The number of alkyl halides is 6. The highest BCUT2D eigenvalue weighted by Crippen LogP contribution is 2.35. The van der Waals surface area contributed by atoms with Crippen molar-refractivity contribution in [2.75, 3.05) is 12.3 Å². The summed E-state index contributed by atoms with van der Waals surface area (Å²) < 4.78 is 77.3. The van der Waals surface area contributed by atoms with Gasteiger partial charge in [0, 0.05) is 47.7 Å². The number of nitrogens with two attached hydrogens (primary N) is 2. The molecule has 1 saturated heterocycles. The molecule has 1 aliphatic rings. The van der Waals surface area contributed by atoms with Crippen molar-refractivity contribution in [3.63, 3.8) is 0 Å². The first-order chi connectivity index (χ1) is 21.3. The van der Waals surface area contributed by atoms with Crippen LogP contribution < -0.4 is 11.5 Å². The number of amides is 1. The monoisotopic (exact) mass is 655 g/mol. The molecule has 1 aliphatic heterocycles. The first kappa shape index (κ1) is 37.8. The van der Waals surface area contributed by atoms with E-state index in [4.69, 9.17) is 11.5 Å². The molecule has 14 heteroatoms. The van der Waals surface area contributed by atoms with E-state index in [9.17, 15) is 41.0 Å². The van der Waals surface area contributed by atoms with E-state index in [1.807, 2.05) is 20.8 Å². The lowest BCUT2D eigenvalue weighted by Crippen LogP contribution is -2.49. The number of hydrogen-bond donors (Lipinski definition) is 3. The van der Waals surface area contributed by atoms with E-state index in [2.05, 4.69) is 16.6 Å². The van der Waals surface area contributed by atoms with Gasteiger partial charge < -0.3 is 21.5 Å². The van der Waals surface area contributed by atoms with Crippen molar-refractivity contribution in [2.45, 2.75) is 78.2 Å². The van der Waals surface area contributed by atoms with E-state index in [-0.39, 0.29) is 47.2 Å². The Labute approximate surface area is 263 Å². The average molecular weight is 656 g/mol. The normalized spacial score (nSPS) is 17.4. The number of carbonyl (C=O) groups excluding carboxylic acids is 2. The van der Waals surface area contributed by atoms with Crippen molar-refractivity contribution in [3.05, 3.63) is 71.2 Å². The van der Waals surface area contributed by atoms with E-state index in [1.54, 1.807) is 6.92 Å². The van der Waals surface area contributed by atoms with Gasteiger partial charge in [-0.05, 0) is 42.7 Å². The van der Waals surface area contributed by atoms with E-state index < -0.39 is 42.2 Å². The molecule has 1 unspecified atom stereocenters. The molecule has 8 nitrogen and oxygen atoms in total. The molecule has 1 aromatic heterocycles. The van der Waals surface area contributed by atoms with Crippen LogP contribution in [0.3, 0.4) is 0 Å². The van der Waals surface area contributed by atoms with Gasteiger partial charge in [-0.25, -0.2) is 4.99 Å². The van der Waals surface area contributed by atoms with Crippen LogP contribution in [-0.4, -0.2) is 51.2 Å². The topological polar surface area (TPSA) is 135 Å². The molecule has 2 heterocycles. The number of anilines is 1.